The number of ketones is 1. The monoisotopic (exact) mass is 463 g/mol. The molecule has 0 spiro atoms. The van der Waals surface area contributed by atoms with Gasteiger partial charge < -0.3 is 9.47 Å². The first kappa shape index (κ1) is 24.5. The van der Waals surface area contributed by atoms with E-state index in [1.165, 1.54) is 0 Å². The van der Waals surface area contributed by atoms with Crippen molar-refractivity contribution in [1.29, 1.82) is 0 Å². The Bertz CT molecular complexity index is 792. The van der Waals surface area contributed by atoms with Crippen molar-refractivity contribution in [3.05, 3.63) is 49.0 Å². The molecular formula is C25H37NO3S2. The van der Waals surface area contributed by atoms with Crippen LogP contribution in [0.2, 0.25) is 0 Å². The van der Waals surface area contributed by atoms with Gasteiger partial charge in [0.05, 0.1) is 23.7 Å². The molecule has 0 amide bonds. The molecule has 2 fully saturated rings. The van der Waals surface area contributed by atoms with E-state index in [1.807, 2.05) is 24.3 Å². The van der Waals surface area contributed by atoms with E-state index in [4.69, 9.17) is 34.7 Å². The Balaban J connectivity index is 2.16. The topological polar surface area (TPSA) is 38.8 Å². The molecule has 3 aliphatic rings. The van der Waals surface area contributed by atoms with E-state index in [0.717, 1.165) is 25.8 Å². The van der Waals surface area contributed by atoms with Crippen molar-refractivity contribution in [3.8, 4) is 0 Å². The maximum Gasteiger partial charge on any atom is 0.157 e. The van der Waals surface area contributed by atoms with E-state index in [1.54, 1.807) is 14.2 Å². The molecule has 4 nitrogen and oxygen atoms in total. The van der Waals surface area contributed by atoms with Crippen LogP contribution in [0.15, 0.2) is 49.0 Å². The largest absolute Gasteiger partial charge is 0.493 e. The number of hydrogen-bond donors (Lipinski definition) is 2. The van der Waals surface area contributed by atoms with Gasteiger partial charge in [-0.3, -0.25) is 9.69 Å². The van der Waals surface area contributed by atoms with E-state index in [-0.39, 0.29) is 23.9 Å². The van der Waals surface area contributed by atoms with E-state index < -0.39 is 9.49 Å². The quantitative estimate of drug-likeness (QED) is 0.399. The highest BCUT2D eigenvalue weighted by molar-refractivity contribution is 7.86. The van der Waals surface area contributed by atoms with E-state index in [2.05, 4.69) is 31.9 Å². The number of fused-ring (bicyclic) bond motifs is 3. The van der Waals surface area contributed by atoms with Gasteiger partial charge in [0, 0.05) is 31.0 Å². The summed E-state index contributed by atoms with van der Waals surface area (Å²) in [6.07, 6.45) is 11.0. The van der Waals surface area contributed by atoms with Crippen LogP contribution in [0, 0.1) is 17.8 Å². The lowest BCUT2D eigenvalue weighted by atomic mass is 9.61. The van der Waals surface area contributed by atoms with Crippen molar-refractivity contribution >= 4 is 31.0 Å². The zero-order valence-electron chi connectivity index (χ0n) is 19.2. The summed E-state index contributed by atoms with van der Waals surface area (Å²) in [7, 11) is 3.27. The zero-order chi connectivity index (χ0) is 23.0. The molecule has 0 N–H and O–H groups in total. The van der Waals surface area contributed by atoms with Crippen LogP contribution in [0.4, 0.5) is 0 Å². The molecule has 2 aliphatic heterocycles. The fourth-order valence-corrected chi connectivity index (χ4v) is 7.07. The number of ether oxygens (including phenoxy) is 2. The summed E-state index contributed by atoms with van der Waals surface area (Å²) in [5, 5.41) is 0. The average Bonchev–Trinajstić information content (AvgIpc) is 2.72. The third kappa shape index (κ3) is 4.04. The molecule has 0 saturated carbocycles. The van der Waals surface area contributed by atoms with Crippen molar-refractivity contribution in [3.63, 3.8) is 0 Å². The Hall–Kier alpha value is -1.11. The van der Waals surface area contributed by atoms with Crippen LogP contribution < -0.4 is 0 Å². The highest BCUT2D eigenvalue weighted by Crippen LogP contribution is 2.59. The van der Waals surface area contributed by atoms with E-state index >= 15 is 0 Å². The summed E-state index contributed by atoms with van der Waals surface area (Å²) in [5.41, 5.74) is 0. The Morgan fingerprint density at radius 2 is 1.71 bits per heavy atom. The first-order valence-electron chi connectivity index (χ1n) is 11.2. The van der Waals surface area contributed by atoms with Crippen LogP contribution >= 0.6 is 25.3 Å². The molecule has 0 bridgehead atoms. The van der Waals surface area contributed by atoms with Gasteiger partial charge in [0.25, 0.3) is 0 Å². The number of nitrogens with zero attached hydrogens (tertiary/aromatic N) is 1. The molecule has 2 heterocycles. The highest BCUT2D eigenvalue weighted by Gasteiger charge is 2.65. The molecule has 0 aromatic carbocycles. The van der Waals surface area contributed by atoms with Gasteiger partial charge in [-0.1, -0.05) is 26.0 Å². The fraction of sp³-hybridized carbons (Fsp3) is 0.640. The molecule has 3 rings (SSSR count). The number of carbonyl (C=O) groups is 1. The van der Waals surface area contributed by atoms with Gasteiger partial charge in [-0.2, -0.15) is 25.3 Å². The zero-order valence-corrected chi connectivity index (χ0v) is 21.0. The van der Waals surface area contributed by atoms with Crippen LogP contribution in [-0.4, -0.2) is 53.0 Å². The minimum absolute atomic E-state index is 0.0526. The van der Waals surface area contributed by atoms with Crippen molar-refractivity contribution in [2.75, 3.05) is 20.8 Å². The third-order valence-corrected chi connectivity index (χ3v) is 9.06. The lowest BCUT2D eigenvalue weighted by Crippen LogP contribution is -2.74. The van der Waals surface area contributed by atoms with Gasteiger partial charge in [0.2, 0.25) is 0 Å². The van der Waals surface area contributed by atoms with Crippen molar-refractivity contribution < 1.29 is 14.3 Å². The molecule has 0 aromatic heterocycles. The number of rotatable bonds is 8. The van der Waals surface area contributed by atoms with Crippen molar-refractivity contribution in [2.45, 2.75) is 61.1 Å². The van der Waals surface area contributed by atoms with Crippen LogP contribution in [-0.2, 0) is 14.3 Å². The van der Waals surface area contributed by atoms with Gasteiger partial charge >= 0.3 is 0 Å². The first-order chi connectivity index (χ1) is 14.7. The molecule has 6 atom stereocenters. The van der Waals surface area contributed by atoms with Crippen molar-refractivity contribution in [1.82, 2.24) is 4.90 Å². The smallest absolute Gasteiger partial charge is 0.157 e. The molecule has 2 saturated heterocycles. The second kappa shape index (κ2) is 9.40. The Kier molecular flexibility index (Phi) is 7.44. The number of thiol groups is 2. The van der Waals surface area contributed by atoms with Crippen LogP contribution in [0.5, 0.6) is 0 Å². The molecule has 0 aromatic rings. The molecular weight excluding hydrogens is 426 g/mol. The van der Waals surface area contributed by atoms with Crippen molar-refractivity contribution in [2.24, 2.45) is 17.8 Å². The summed E-state index contributed by atoms with van der Waals surface area (Å²) in [4.78, 5) is 15.8. The van der Waals surface area contributed by atoms with Gasteiger partial charge in [0.15, 0.2) is 11.5 Å². The molecule has 6 unspecified atom stereocenters. The average molecular weight is 464 g/mol. The Morgan fingerprint density at radius 3 is 2.23 bits per heavy atom. The molecule has 31 heavy (non-hydrogen) atoms. The summed E-state index contributed by atoms with van der Waals surface area (Å²) in [6, 6.07) is 0.1000. The van der Waals surface area contributed by atoms with Gasteiger partial charge in [-0.05, 0) is 43.3 Å². The van der Waals surface area contributed by atoms with E-state index in [9.17, 15) is 4.79 Å². The van der Waals surface area contributed by atoms with Gasteiger partial charge in [-0.15, -0.1) is 13.2 Å². The molecule has 172 valence electrons. The molecule has 6 heteroatoms. The minimum atomic E-state index is -0.701. The molecule has 1 aliphatic carbocycles. The second-order valence-corrected chi connectivity index (χ2v) is 11.0. The van der Waals surface area contributed by atoms with Gasteiger partial charge in [0.1, 0.15) is 5.78 Å². The SMILES string of the molecule is C=CCC1C(CC=C)C2(S)C=C(OC)C(OC)=CC2(S)C2CC(=O)C(CC(C)C)CN12. The Morgan fingerprint density at radius 1 is 1.13 bits per heavy atom. The van der Waals surface area contributed by atoms with Gasteiger partial charge in [-0.25, -0.2) is 0 Å². The molecule has 0 radical (unpaired) electrons. The normalized spacial score (nSPS) is 38.0. The predicted molar refractivity (Wildman–Crippen MR) is 134 cm³/mol. The maximum atomic E-state index is 13.2. The second-order valence-electron chi connectivity index (χ2n) is 9.51. The third-order valence-electron chi connectivity index (χ3n) is 7.26. The number of hydrogen-bond acceptors (Lipinski definition) is 6. The number of carbonyl (C=O) groups excluding carboxylic acids is 1. The number of methoxy groups -OCH3 is 2. The summed E-state index contributed by atoms with van der Waals surface area (Å²) < 4.78 is 9.96. The standard InChI is InChI=1S/C25H37NO3S2/c1-7-9-18-19(10-8-2)26-15-17(11-16(3)4)20(27)12-23(26)25(31)14-22(29-6)21(28-5)13-24(18,25)30/h7-8,13-14,16-19,23,30-31H,1-2,9-12,15H2,3-6H3. The van der Waals surface area contributed by atoms with Crippen LogP contribution in [0.3, 0.4) is 0 Å². The summed E-state index contributed by atoms with van der Waals surface area (Å²) in [5.74, 6) is 2.27. The number of allylic oxidation sites excluding steroid dienone is 1. The lowest BCUT2D eigenvalue weighted by molar-refractivity contribution is -0.134. The first-order valence-corrected chi connectivity index (χ1v) is 12.0. The fourth-order valence-electron chi connectivity index (χ4n) is 5.88. The number of Topliss-reactive ketones (excluding diaryl/α,β-unsaturated/α-hetero) is 1. The number of piperidine rings is 2. The predicted octanol–water partition coefficient (Wildman–Crippen LogP) is 4.85. The lowest BCUT2D eigenvalue weighted by Gasteiger charge is -2.64. The van der Waals surface area contributed by atoms with E-state index in [0.29, 0.717) is 29.6 Å². The maximum absolute atomic E-state index is 13.2. The summed E-state index contributed by atoms with van der Waals surface area (Å²) in [6.45, 7) is 13.2. The highest BCUT2D eigenvalue weighted by atomic mass is 32.1. The minimum Gasteiger partial charge on any atom is -0.493 e. The Labute approximate surface area is 198 Å². The van der Waals surface area contributed by atoms with Crippen LogP contribution in [0.1, 0.15) is 39.5 Å². The summed E-state index contributed by atoms with van der Waals surface area (Å²) >= 11 is 10.6. The van der Waals surface area contributed by atoms with Crippen LogP contribution in [0.25, 0.3) is 0 Å².